The van der Waals surface area contributed by atoms with E-state index in [9.17, 15) is 10.1 Å². The molecule has 1 saturated heterocycles. The van der Waals surface area contributed by atoms with E-state index in [1.807, 2.05) is 39.6 Å². The number of anilines is 1. The summed E-state index contributed by atoms with van der Waals surface area (Å²) < 4.78 is 6.04. The number of nitro benzene ring substituents is 1. The van der Waals surface area contributed by atoms with E-state index in [2.05, 4.69) is 0 Å². The molecule has 0 radical (unpaired) electrons. The monoisotopic (exact) mass is 359 g/mol. The van der Waals surface area contributed by atoms with Gasteiger partial charge in [0, 0.05) is 16.2 Å². The van der Waals surface area contributed by atoms with Gasteiger partial charge in [0.15, 0.2) is 6.10 Å². The molecule has 1 heterocycles. The van der Waals surface area contributed by atoms with Crippen molar-refractivity contribution in [2.45, 2.75) is 6.10 Å². The minimum Gasteiger partial charge on any atom is -0.360 e. The SMILES string of the molecule is N#CC1CN(c2ccc(I)cc2[N+](=O)[O-])CCO1. The molecule has 1 aliphatic rings. The summed E-state index contributed by atoms with van der Waals surface area (Å²) >= 11 is 2.04. The molecule has 1 aromatic carbocycles. The maximum atomic E-state index is 11.0. The van der Waals surface area contributed by atoms with Gasteiger partial charge in [0.1, 0.15) is 5.69 Å². The molecule has 1 atom stereocenters. The summed E-state index contributed by atoms with van der Waals surface area (Å²) in [7, 11) is 0. The molecule has 94 valence electrons. The lowest BCUT2D eigenvalue weighted by Crippen LogP contribution is -2.42. The van der Waals surface area contributed by atoms with Crippen LogP contribution in [-0.4, -0.2) is 30.7 Å². The van der Waals surface area contributed by atoms with Crippen LogP contribution in [0.5, 0.6) is 0 Å². The molecule has 0 bridgehead atoms. The van der Waals surface area contributed by atoms with E-state index in [1.165, 1.54) is 6.07 Å². The van der Waals surface area contributed by atoms with E-state index >= 15 is 0 Å². The minimum atomic E-state index is -0.530. The van der Waals surface area contributed by atoms with Gasteiger partial charge in [-0.2, -0.15) is 5.26 Å². The van der Waals surface area contributed by atoms with Gasteiger partial charge in [-0.3, -0.25) is 10.1 Å². The molecule has 6 nitrogen and oxygen atoms in total. The lowest BCUT2D eigenvalue weighted by molar-refractivity contribution is -0.384. The molecule has 1 unspecified atom stereocenters. The van der Waals surface area contributed by atoms with Gasteiger partial charge in [0.05, 0.1) is 24.1 Å². The van der Waals surface area contributed by atoms with Crippen molar-refractivity contribution in [2.75, 3.05) is 24.6 Å². The van der Waals surface area contributed by atoms with Crippen LogP contribution in [0.1, 0.15) is 0 Å². The summed E-state index contributed by atoms with van der Waals surface area (Å²) in [6.07, 6.45) is -0.530. The van der Waals surface area contributed by atoms with Crippen molar-refractivity contribution >= 4 is 34.0 Å². The molecule has 0 saturated carbocycles. The first-order chi connectivity index (χ1) is 8.61. The number of hydrogen-bond acceptors (Lipinski definition) is 5. The molecule has 0 spiro atoms. The van der Waals surface area contributed by atoms with Crippen LogP contribution in [0.2, 0.25) is 0 Å². The Labute approximate surface area is 117 Å². The maximum absolute atomic E-state index is 11.0. The summed E-state index contributed by atoms with van der Waals surface area (Å²) in [5, 5.41) is 19.9. The van der Waals surface area contributed by atoms with Crippen LogP contribution in [-0.2, 0) is 4.74 Å². The molecule has 7 heteroatoms. The molecule has 1 aromatic rings. The maximum Gasteiger partial charge on any atom is 0.293 e. The number of nitro groups is 1. The Hall–Kier alpha value is -1.40. The Morgan fingerprint density at radius 2 is 2.39 bits per heavy atom. The summed E-state index contributed by atoms with van der Waals surface area (Å²) in [6, 6.07) is 7.10. The van der Waals surface area contributed by atoms with Crippen LogP contribution in [0.4, 0.5) is 11.4 Å². The van der Waals surface area contributed by atoms with Crippen LogP contribution >= 0.6 is 22.6 Å². The Morgan fingerprint density at radius 3 is 3.06 bits per heavy atom. The molecular weight excluding hydrogens is 349 g/mol. The molecule has 0 amide bonds. The molecular formula is C11H10IN3O3. The lowest BCUT2D eigenvalue weighted by atomic mass is 10.2. The summed E-state index contributed by atoms with van der Waals surface area (Å²) in [6.45, 7) is 1.32. The van der Waals surface area contributed by atoms with E-state index in [1.54, 1.807) is 6.07 Å². The Balaban J connectivity index is 2.33. The third kappa shape index (κ3) is 2.70. The highest BCUT2D eigenvalue weighted by Crippen LogP contribution is 2.30. The van der Waals surface area contributed by atoms with Crippen molar-refractivity contribution in [3.63, 3.8) is 0 Å². The van der Waals surface area contributed by atoms with E-state index in [-0.39, 0.29) is 5.69 Å². The lowest BCUT2D eigenvalue weighted by Gasteiger charge is -2.31. The predicted molar refractivity (Wildman–Crippen MR) is 73.4 cm³/mol. The smallest absolute Gasteiger partial charge is 0.293 e. The fraction of sp³-hybridized carbons (Fsp3) is 0.364. The summed E-state index contributed by atoms with van der Waals surface area (Å²) in [5.74, 6) is 0. The third-order valence-corrected chi connectivity index (χ3v) is 3.36. The standard InChI is InChI=1S/C11H10IN3O3/c12-8-1-2-10(11(5-8)15(16)17)14-3-4-18-9(6-13)7-14/h1-2,5,9H,3-4,7H2. The third-order valence-electron chi connectivity index (χ3n) is 2.69. The molecule has 0 aliphatic carbocycles. The quantitative estimate of drug-likeness (QED) is 0.458. The van der Waals surface area contributed by atoms with Crippen LogP contribution in [0, 0.1) is 25.0 Å². The topological polar surface area (TPSA) is 79.4 Å². The van der Waals surface area contributed by atoms with Gasteiger partial charge in [0.2, 0.25) is 0 Å². The van der Waals surface area contributed by atoms with Crippen molar-refractivity contribution < 1.29 is 9.66 Å². The first-order valence-corrected chi connectivity index (χ1v) is 6.40. The van der Waals surface area contributed by atoms with Gasteiger partial charge in [-0.05, 0) is 34.7 Å². The van der Waals surface area contributed by atoms with Crippen LogP contribution < -0.4 is 4.90 Å². The zero-order valence-electron chi connectivity index (χ0n) is 9.38. The van der Waals surface area contributed by atoms with Crippen LogP contribution in [0.25, 0.3) is 0 Å². The second-order valence-corrected chi connectivity index (χ2v) is 5.07. The zero-order chi connectivity index (χ0) is 13.1. The van der Waals surface area contributed by atoms with Gasteiger partial charge >= 0.3 is 0 Å². The second kappa shape index (κ2) is 5.49. The summed E-state index contributed by atoms with van der Waals surface area (Å²) in [4.78, 5) is 12.5. The van der Waals surface area contributed by atoms with Crippen molar-refractivity contribution in [1.29, 1.82) is 5.26 Å². The van der Waals surface area contributed by atoms with Gasteiger partial charge < -0.3 is 9.64 Å². The van der Waals surface area contributed by atoms with E-state index < -0.39 is 11.0 Å². The fourth-order valence-corrected chi connectivity index (χ4v) is 2.33. The van der Waals surface area contributed by atoms with Gasteiger partial charge in [-0.1, -0.05) is 0 Å². The first-order valence-electron chi connectivity index (χ1n) is 5.32. The van der Waals surface area contributed by atoms with Gasteiger partial charge in [-0.15, -0.1) is 0 Å². The number of benzene rings is 1. The Morgan fingerprint density at radius 1 is 1.61 bits per heavy atom. The van der Waals surface area contributed by atoms with Crippen molar-refractivity contribution in [3.05, 3.63) is 31.9 Å². The van der Waals surface area contributed by atoms with E-state index in [4.69, 9.17) is 10.00 Å². The number of halogens is 1. The highest BCUT2D eigenvalue weighted by atomic mass is 127. The molecule has 1 fully saturated rings. The molecule has 18 heavy (non-hydrogen) atoms. The number of rotatable bonds is 2. The number of nitrogens with zero attached hydrogens (tertiary/aromatic N) is 3. The summed E-state index contributed by atoms with van der Waals surface area (Å²) in [5.41, 5.74) is 0.615. The Kier molecular flexibility index (Phi) is 3.98. The van der Waals surface area contributed by atoms with Crippen molar-refractivity contribution in [3.8, 4) is 6.07 Å². The Bertz CT molecular complexity index is 515. The van der Waals surface area contributed by atoms with Crippen LogP contribution in [0.3, 0.4) is 0 Å². The van der Waals surface area contributed by atoms with Crippen molar-refractivity contribution in [2.24, 2.45) is 0 Å². The van der Waals surface area contributed by atoms with Crippen molar-refractivity contribution in [1.82, 2.24) is 0 Å². The normalized spacial score (nSPS) is 19.3. The van der Waals surface area contributed by atoms with Gasteiger partial charge in [-0.25, -0.2) is 0 Å². The fourth-order valence-electron chi connectivity index (χ4n) is 1.86. The largest absolute Gasteiger partial charge is 0.360 e. The number of ether oxygens (including phenoxy) is 1. The number of hydrogen-bond donors (Lipinski definition) is 0. The predicted octanol–water partition coefficient (Wildman–Crippen LogP) is 1.93. The van der Waals surface area contributed by atoms with Crippen LogP contribution in [0.15, 0.2) is 18.2 Å². The average Bonchev–Trinajstić information content (AvgIpc) is 2.38. The first kappa shape index (κ1) is 13.0. The zero-order valence-corrected chi connectivity index (χ0v) is 11.5. The molecule has 0 N–H and O–H groups in total. The number of morpholine rings is 1. The molecule has 2 rings (SSSR count). The van der Waals surface area contributed by atoms with Gasteiger partial charge in [0.25, 0.3) is 5.69 Å². The molecule has 1 aliphatic heterocycles. The second-order valence-electron chi connectivity index (χ2n) is 3.82. The van der Waals surface area contributed by atoms with E-state index in [0.717, 1.165) is 3.57 Å². The highest BCUT2D eigenvalue weighted by Gasteiger charge is 2.25. The minimum absolute atomic E-state index is 0.0699. The highest BCUT2D eigenvalue weighted by molar-refractivity contribution is 14.1. The average molecular weight is 359 g/mol. The molecule has 0 aromatic heterocycles. The number of nitriles is 1. The van der Waals surface area contributed by atoms with E-state index in [0.29, 0.717) is 25.4 Å².